The third kappa shape index (κ3) is 4.66. The highest BCUT2D eigenvalue weighted by molar-refractivity contribution is 6.39. The molecule has 0 saturated carbocycles. The second-order valence-corrected chi connectivity index (χ2v) is 8.07. The number of hydrogen-bond donors (Lipinski definition) is 1. The molecule has 0 atom stereocenters. The zero-order valence-electron chi connectivity index (χ0n) is 18.1. The molecule has 1 aliphatic rings. The number of amides is 4. The number of hydrogen-bond acceptors (Lipinski definition) is 4. The van der Waals surface area contributed by atoms with E-state index in [1.807, 2.05) is 50.2 Å². The minimum absolute atomic E-state index is 0.192. The standard InChI is InChI=1S/C26H21ClN2O4/c1-16-7-6-10-22(17(16)2)29-25(31)21(24(30)28-26(29)32)14-19-13-20(27)11-12-23(19)33-15-18-8-4-3-5-9-18/h3-14H,15H2,1-2H3,(H,28,30,32)/b21-14+. The summed E-state index contributed by atoms with van der Waals surface area (Å²) in [6.45, 7) is 4.00. The van der Waals surface area contributed by atoms with Crippen LogP contribution >= 0.6 is 11.6 Å². The number of benzene rings is 3. The fourth-order valence-corrected chi connectivity index (χ4v) is 3.69. The molecule has 0 radical (unpaired) electrons. The van der Waals surface area contributed by atoms with E-state index < -0.39 is 17.8 Å². The molecule has 3 aromatic rings. The largest absolute Gasteiger partial charge is 0.488 e. The number of nitrogens with one attached hydrogen (secondary N) is 1. The summed E-state index contributed by atoms with van der Waals surface area (Å²) in [6, 6.07) is 19.1. The Kier molecular flexibility index (Phi) is 6.29. The minimum atomic E-state index is -0.789. The van der Waals surface area contributed by atoms with Crippen LogP contribution in [0.3, 0.4) is 0 Å². The Balaban J connectivity index is 1.71. The van der Waals surface area contributed by atoms with Gasteiger partial charge in [-0.2, -0.15) is 0 Å². The van der Waals surface area contributed by atoms with Crippen LogP contribution in [0.5, 0.6) is 5.75 Å². The Bertz CT molecular complexity index is 1280. The van der Waals surface area contributed by atoms with Crippen molar-refractivity contribution in [2.75, 3.05) is 4.90 Å². The van der Waals surface area contributed by atoms with E-state index in [1.165, 1.54) is 6.08 Å². The van der Waals surface area contributed by atoms with Crippen LogP contribution < -0.4 is 15.0 Å². The van der Waals surface area contributed by atoms with Gasteiger partial charge in [0.15, 0.2) is 0 Å². The molecule has 166 valence electrons. The van der Waals surface area contributed by atoms with E-state index in [0.29, 0.717) is 28.6 Å². The number of carbonyl (C=O) groups is 3. The van der Waals surface area contributed by atoms with Gasteiger partial charge in [0.25, 0.3) is 11.8 Å². The molecular weight excluding hydrogens is 440 g/mol. The highest BCUT2D eigenvalue weighted by Gasteiger charge is 2.37. The first-order chi connectivity index (χ1) is 15.8. The number of ether oxygens (including phenoxy) is 1. The summed E-state index contributed by atoms with van der Waals surface area (Å²) in [5.74, 6) is -1.04. The molecule has 4 amide bonds. The Morgan fingerprint density at radius 3 is 2.48 bits per heavy atom. The van der Waals surface area contributed by atoms with Gasteiger partial charge in [0.2, 0.25) is 0 Å². The van der Waals surface area contributed by atoms with Crippen molar-refractivity contribution in [3.8, 4) is 5.75 Å². The summed E-state index contributed by atoms with van der Waals surface area (Å²) >= 11 is 6.18. The zero-order chi connectivity index (χ0) is 23.5. The predicted octanol–water partition coefficient (Wildman–Crippen LogP) is 5.20. The number of nitrogens with zero attached hydrogens (tertiary/aromatic N) is 1. The maximum atomic E-state index is 13.3. The van der Waals surface area contributed by atoms with E-state index in [2.05, 4.69) is 5.32 Å². The lowest BCUT2D eigenvalue weighted by molar-refractivity contribution is -0.122. The molecule has 7 heteroatoms. The van der Waals surface area contributed by atoms with Gasteiger partial charge in [0.1, 0.15) is 17.9 Å². The van der Waals surface area contributed by atoms with E-state index in [1.54, 1.807) is 30.3 Å². The van der Waals surface area contributed by atoms with Gasteiger partial charge < -0.3 is 4.74 Å². The number of carbonyl (C=O) groups excluding carboxylic acids is 3. The lowest BCUT2D eigenvalue weighted by Crippen LogP contribution is -2.54. The van der Waals surface area contributed by atoms with Crippen LogP contribution in [-0.4, -0.2) is 17.8 Å². The molecule has 0 aromatic heterocycles. The topological polar surface area (TPSA) is 75.7 Å². The van der Waals surface area contributed by atoms with Gasteiger partial charge in [-0.1, -0.05) is 54.1 Å². The van der Waals surface area contributed by atoms with Gasteiger partial charge in [0, 0.05) is 10.6 Å². The first-order valence-corrected chi connectivity index (χ1v) is 10.7. The van der Waals surface area contributed by atoms with E-state index in [9.17, 15) is 14.4 Å². The van der Waals surface area contributed by atoms with Gasteiger partial charge in [-0.15, -0.1) is 0 Å². The lowest BCUT2D eigenvalue weighted by Gasteiger charge is -2.28. The van der Waals surface area contributed by atoms with Gasteiger partial charge in [-0.05, 0) is 60.9 Å². The molecule has 4 rings (SSSR count). The van der Waals surface area contributed by atoms with Crippen LogP contribution in [-0.2, 0) is 16.2 Å². The number of halogens is 1. The molecule has 1 N–H and O–H groups in total. The summed E-state index contributed by atoms with van der Waals surface area (Å²) in [4.78, 5) is 39.4. The number of barbiturate groups is 1. The quantitative estimate of drug-likeness (QED) is 0.419. The molecule has 3 aromatic carbocycles. The smallest absolute Gasteiger partial charge is 0.335 e. The van der Waals surface area contributed by atoms with Crippen LogP contribution in [0.2, 0.25) is 5.02 Å². The minimum Gasteiger partial charge on any atom is -0.488 e. The molecule has 1 aliphatic heterocycles. The molecule has 0 unspecified atom stereocenters. The van der Waals surface area contributed by atoms with Gasteiger partial charge in [-0.3, -0.25) is 14.9 Å². The molecule has 0 spiro atoms. The third-order valence-corrected chi connectivity index (χ3v) is 5.66. The van der Waals surface area contributed by atoms with E-state index >= 15 is 0 Å². The molecule has 1 heterocycles. The van der Waals surface area contributed by atoms with E-state index in [4.69, 9.17) is 16.3 Å². The van der Waals surface area contributed by atoms with Crippen LogP contribution in [0.1, 0.15) is 22.3 Å². The van der Waals surface area contributed by atoms with Gasteiger partial charge >= 0.3 is 6.03 Å². The SMILES string of the molecule is Cc1cccc(N2C(=O)NC(=O)/C(=C\c3cc(Cl)ccc3OCc3ccccc3)C2=O)c1C. The zero-order valence-corrected chi connectivity index (χ0v) is 18.8. The Hall–Kier alpha value is -3.90. The lowest BCUT2D eigenvalue weighted by atomic mass is 10.0. The highest BCUT2D eigenvalue weighted by atomic mass is 35.5. The van der Waals surface area contributed by atoms with E-state index in [0.717, 1.165) is 21.6 Å². The number of aryl methyl sites for hydroxylation is 1. The summed E-state index contributed by atoms with van der Waals surface area (Å²) in [5.41, 5.74) is 3.33. The summed E-state index contributed by atoms with van der Waals surface area (Å²) in [5, 5.41) is 2.67. The summed E-state index contributed by atoms with van der Waals surface area (Å²) in [7, 11) is 0. The normalized spacial score (nSPS) is 15.1. The predicted molar refractivity (Wildman–Crippen MR) is 127 cm³/mol. The summed E-state index contributed by atoms with van der Waals surface area (Å²) < 4.78 is 5.93. The van der Waals surface area contributed by atoms with Crippen LogP contribution in [0.25, 0.3) is 6.08 Å². The number of anilines is 1. The average molecular weight is 461 g/mol. The number of imide groups is 2. The fourth-order valence-electron chi connectivity index (χ4n) is 3.51. The Labute approximate surface area is 196 Å². The van der Waals surface area contributed by atoms with Crippen molar-refractivity contribution in [1.82, 2.24) is 5.32 Å². The molecule has 1 saturated heterocycles. The maximum absolute atomic E-state index is 13.3. The van der Waals surface area contributed by atoms with Crippen LogP contribution in [0.15, 0.2) is 72.3 Å². The van der Waals surface area contributed by atoms with Crippen molar-refractivity contribution in [2.45, 2.75) is 20.5 Å². The first-order valence-electron chi connectivity index (χ1n) is 10.3. The number of urea groups is 1. The van der Waals surface area contributed by atoms with Gasteiger partial charge in [-0.25, -0.2) is 9.69 Å². The van der Waals surface area contributed by atoms with Crippen molar-refractivity contribution >= 4 is 41.2 Å². The maximum Gasteiger partial charge on any atom is 0.335 e. The highest BCUT2D eigenvalue weighted by Crippen LogP contribution is 2.30. The van der Waals surface area contributed by atoms with Crippen molar-refractivity contribution in [3.63, 3.8) is 0 Å². The molecule has 0 aliphatic carbocycles. The first kappa shape index (κ1) is 22.3. The van der Waals surface area contributed by atoms with Crippen molar-refractivity contribution in [2.24, 2.45) is 0 Å². The van der Waals surface area contributed by atoms with E-state index in [-0.39, 0.29) is 5.57 Å². The molecular formula is C26H21ClN2O4. The number of rotatable bonds is 5. The van der Waals surface area contributed by atoms with Crippen molar-refractivity contribution in [1.29, 1.82) is 0 Å². The molecule has 6 nitrogen and oxygen atoms in total. The van der Waals surface area contributed by atoms with Gasteiger partial charge in [0.05, 0.1) is 5.69 Å². The van der Waals surface area contributed by atoms with Crippen LogP contribution in [0, 0.1) is 13.8 Å². The Morgan fingerprint density at radius 2 is 1.73 bits per heavy atom. The molecule has 1 fully saturated rings. The van der Waals surface area contributed by atoms with Crippen molar-refractivity contribution in [3.05, 3.63) is 99.6 Å². The third-order valence-electron chi connectivity index (χ3n) is 5.43. The van der Waals surface area contributed by atoms with Crippen molar-refractivity contribution < 1.29 is 19.1 Å². The summed E-state index contributed by atoms with van der Waals surface area (Å²) in [6.07, 6.45) is 1.40. The second kappa shape index (κ2) is 9.30. The fraction of sp³-hybridized carbons (Fsp3) is 0.115. The Morgan fingerprint density at radius 1 is 0.970 bits per heavy atom. The molecule has 33 heavy (non-hydrogen) atoms. The molecule has 0 bridgehead atoms. The monoisotopic (exact) mass is 460 g/mol. The van der Waals surface area contributed by atoms with Crippen LogP contribution in [0.4, 0.5) is 10.5 Å². The second-order valence-electron chi connectivity index (χ2n) is 7.63. The average Bonchev–Trinajstić information content (AvgIpc) is 2.79.